The van der Waals surface area contributed by atoms with Gasteiger partial charge < -0.3 is 15.0 Å². The zero-order chi connectivity index (χ0) is 17.0. The van der Waals surface area contributed by atoms with E-state index in [1.54, 1.807) is 11.0 Å². The molecule has 23 heavy (non-hydrogen) atoms. The average molecular weight is 322 g/mol. The fraction of sp³-hybridized carbons (Fsp3) is 0.600. The van der Waals surface area contributed by atoms with Crippen molar-refractivity contribution < 1.29 is 14.5 Å². The molecule has 1 saturated heterocycles. The number of pyridine rings is 1. The lowest BCUT2D eigenvalue weighted by atomic mass is 10.1. The van der Waals surface area contributed by atoms with Crippen LogP contribution in [0, 0.1) is 10.1 Å². The number of ether oxygens (including phenoxy) is 1. The molecule has 0 radical (unpaired) electrons. The molecule has 8 heteroatoms. The molecule has 2 heterocycles. The Labute approximate surface area is 135 Å². The molecule has 126 valence electrons. The van der Waals surface area contributed by atoms with Gasteiger partial charge in [-0.25, -0.2) is 9.78 Å². The Morgan fingerprint density at radius 3 is 2.78 bits per heavy atom. The van der Waals surface area contributed by atoms with Gasteiger partial charge >= 0.3 is 6.09 Å². The summed E-state index contributed by atoms with van der Waals surface area (Å²) in [5.41, 5.74) is -0.563. The zero-order valence-electron chi connectivity index (χ0n) is 13.6. The van der Waals surface area contributed by atoms with Crippen molar-refractivity contribution in [3.63, 3.8) is 0 Å². The van der Waals surface area contributed by atoms with Gasteiger partial charge in [-0.05, 0) is 39.7 Å². The summed E-state index contributed by atoms with van der Waals surface area (Å²) in [6.07, 6.45) is 2.67. The summed E-state index contributed by atoms with van der Waals surface area (Å²) in [5, 5.41) is 13.8. The lowest BCUT2D eigenvalue weighted by Gasteiger charge is -2.34. The third kappa shape index (κ3) is 5.08. The Morgan fingerprint density at radius 1 is 1.48 bits per heavy atom. The van der Waals surface area contributed by atoms with E-state index in [1.807, 2.05) is 20.8 Å². The SMILES string of the molecule is CC(C)(C)OC(=O)N1CCCC(Nc2ccc([N+](=O)[O-])cn2)C1. The number of rotatable bonds is 3. The number of aromatic nitrogens is 1. The van der Waals surface area contributed by atoms with Gasteiger partial charge in [-0.2, -0.15) is 0 Å². The molecule has 1 amide bonds. The molecule has 0 aromatic carbocycles. The summed E-state index contributed by atoms with van der Waals surface area (Å²) >= 11 is 0. The van der Waals surface area contributed by atoms with Crippen LogP contribution in [0.2, 0.25) is 0 Å². The molecule has 2 rings (SSSR count). The second kappa shape index (κ2) is 6.80. The molecule has 0 spiro atoms. The van der Waals surface area contributed by atoms with E-state index in [9.17, 15) is 14.9 Å². The number of piperidine rings is 1. The number of anilines is 1. The van der Waals surface area contributed by atoms with Crippen LogP contribution < -0.4 is 5.32 Å². The molecule has 1 N–H and O–H groups in total. The number of nitrogens with zero attached hydrogens (tertiary/aromatic N) is 3. The molecule has 1 atom stereocenters. The van der Waals surface area contributed by atoms with Crippen LogP contribution in [-0.2, 0) is 4.74 Å². The highest BCUT2D eigenvalue weighted by Gasteiger charge is 2.27. The van der Waals surface area contributed by atoms with Crippen LogP contribution >= 0.6 is 0 Å². The van der Waals surface area contributed by atoms with E-state index in [2.05, 4.69) is 10.3 Å². The predicted octanol–water partition coefficient (Wildman–Crippen LogP) is 2.80. The van der Waals surface area contributed by atoms with Crippen molar-refractivity contribution in [2.45, 2.75) is 45.3 Å². The van der Waals surface area contributed by atoms with Gasteiger partial charge in [-0.3, -0.25) is 10.1 Å². The summed E-state index contributed by atoms with van der Waals surface area (Å²) in [6, 6.07) is 3.03. The van der Waals surface area contributed by atoms with Gasteiger partial charge in [0.05, 0.1) is 4.92 Å². The first kappa shape index (κ1) is 17.0. The highest BCUT2D eigenvalue weighted by Crippen LogP contribution is 2.19. The third-order valence-corrected chi connectivity index (χ3v) is 3.38. The molecule has 1 aromatic rings. The van der Waals surface area contributed by atoms with Crippen molar-refractivity contribution in [2.75, 3.05) is 18.4 Å². The minimum absolute atomic E-state index is 0.0465. The molecule has 0 bridgehead atoms. The van der Waals surface area contributed by atoms with Crippen LogP contribution in [0.5, 0.6) is 0 Å². The second-order valence-corrected chi connectivity index (χ2v) is 6.57. The van der Waals surface area contributed by atoms with E-state index < -0.39 is 10.5 Å². The molecule has 0 saturated carbocycles. The predicted molar refractivity (Wildman–Crippen MR) is 85.3 cm³/mol. The normalized spacial score (nSPS) is 18.4. The monoisotopic (exact) mass is 322 g/mol. The molecular formula is C15H22N4O4. The number of likely N-dealkylation sites (tertiary alicyclic amines) is 1. The zero-order valence-corrected chi connectivity index (χ0v) is 13.6. The van der Waals surface area contributed by atoms with Crippen LogP contribution in [0.15, 0.2) is 18.3 Å². The third-order valence-electron chi connectivity index (χ3n) is 3.38. The van der Waals surface area contributed by atoms with Gasteiger partial charge in [0, 0.05) is 25.2 Å². The molecule has 1 unspecified atom stereocenters. The Bertz CT molecular complexity index is 568. The van der Waals surface area contributed by atoms with E-state index >= 15 is 0 Å². The smallest absolute Gasteiger partial charge is 0.410 e. The van der Waals surface area contributed by atoms with Gasteiger partial charge in [-0.1, -0.05) is 0 Å². The Morgan fingerprint density at radius 2 is 2.22 bits per heavy atom. The maximum absolute atomic E-state index is 12.1. The van der Waals surface area contributed by atoms with Crippen molar-refractivity contribution >= 4 is 17.6 Å². The van der Waals surface area contributed by atoms with Crippen molar-refractivity contribution in [1.82, 2.24) is 9.88 Å². The Hall–Kier alpha value is -2.38. The number of carbonyl (C=O) groups is 1. The van der Waals surface area contributed by atoms with E-state index in [1.165, 1.54) is 12.3 Å². The van der Waals surface area contributed by atoms with Crippen LogP contribution in [-0.4, -0.2) is 45.6 Å². The molecule has 1 aliphatic heterocycles. The summed E-state index contributed by atoms with van der Waals surface area (Å²) in [7, 11) is 0. The van der Waals surface area contributed by atoms with Gasteiger partial charge in [0.2, 0.25) is 0 Å². The Kier molecular flexibility index (Phi) is 5.02. The molecule has 1 aliphatic rings. The second-order valence-electron chi connectivity index (χ2n) is 6.57. The quantitative estimate of drug-likeness (QED) is 0.679. The van der Waals surface area contributed by atoms with E-state index in [4.69, 9.17) is 4.74 Å². The number of amides is 1. The van der Waals surface area contributed by atoms with Crippen LogP contribution in [0.25, 0.3) is 0 Å². The summed E-state index contributed by atoms with van der Waals surface area (Å²) < 4.78 is 5.39. The molecule has 0 aliphatic carbocycles. The minimum atomic E-state index is -0.516. The van der Waals surface area contributed by atoms with Crippen molar-refractivity contribution in [3.05, 3.63) is 28.4 Å². The van der Waals surface area contributed by atoms with Gasteiger partial charge in [-0.15, -0.1) is 0 Å². The van der Waals surface area contributed by atoms with Crippen molar-refractivity contribution in [2.24, 2.45) is 0 Å². The van der Waals surface area contributed by atoms with Gasteiger partial charge in [0.1, 0.15) is 17.6 Å². The first-order chi connectivity index (χ1) is 10.7. The highest BCUT2D eigenvalue weighted by atomic mass is 16.6. The summed E-state index contributed by atoms with van der Waals surface area (Å²) in [5.74, 6) is 0.562. The number of carbonyl (C=O) groups excluding carboxylic acids is 1. The van der Waals surface area contributed by atoms with E-state index in [-0.39, 0.29) is 17.8 Å². The fourth-order valence-corrected chi connectivity index (χ4v) is 2.38. The first-order valence-electron chi connectivity index (χ1n) is 7.59. The maximum Gasteiger partial charge on any atom is 0.410 e. The van der Waals surface area contributed by atoms with Gasteiger partial charge in [0.15, 0.2) is 0 Å². The van der Waals surface area contributed by atoms with Gasteiger partial charge in [0.25, 0.3) is 5.69 Å². The topological polar surface area (TPSA) is 97.6 Å². The molecule has 8 nitrogen and oxygen atoms in total. The van der Waals surface area contributed by atoms with Crippen molar-refractivity contribution in [3.8, 4) is 0 Å². The average Bonchev–Trinajstić information content (AvgIpc) is 2.46. The molecule has 1 aromatic heterocycles. The van der Waals surface area contributed by atoms with Crippen LogP contribution in [0.3, 0.4) is 0 Å². The van der Waals surface area contributed by atoms with Crippen LogP contribution in [0.4, 0.5) is 16.3 Å². The highest BCUT2D eigenvalue weighted by molar-refractivity contribution is 5.68. The summed E-state index contributed by atoms with van der Waals surface area (Å²) in [6.45, 7) is 6.70. The number of hydrogen-bond donors (Lipinski definition) is 1. The van der Waals surface area contributed by atoms with Crippen molar-refractivity contribution in [1.29, 1.82) is 0 Å². The van der Waals surface area contributed by atoms with E-state index in [0.717, 1.165) is 12.8 Å². The minimum Gasteiger partial charge on any atom is -0.444 e. The lowest BCUT2D eigenvalue weighted by molar-refractivity contribution is -0.385. The maximum atomic E-state index is 12.1. The van der Waals surface area contributed by atoms with E-state index in [0.29, 0.717) is 18.9 Å². The lowest BCUT2D eigenvalue weighted by Crippen LogP contribution is -2.47. The standard InChI is InChI=1S/C15H22N4O4/c1-15(2,3)23-14(20)18-8-4-5-11(10-18)17-13-7-6-12(9-16-13)19(21)22/h6-7,9,11H,4-5,8,10H2,1-3H3,(H,16,17). The molecular weight excluding hydrogens is 300 g/mol. The fourth-order valence-electron chi connectivity index (χ4n) is 2.38. The molecule has 1 fully saturated rings. The first-order valence-corrected chi connectivity index (χ1v) is 7.59. The Balaban J connectivity index is 1.93. The number of nitro groups is 1. The number of hydrogen-bond acceptors (Lipinski definition) is 6. The van der Waals surface area contributed by atoms with Crippen LogP contribution in [0.1, 0.15) is 33.6 Å². The summed E-state index contributed by atoms with van der Waals surface area (Å²) in [4.78, 5) is 28.0. The largest absolute Gasteiger partial charge is 0.444 e. The number of nitrogens with one attached hydrogen (secondary N) is 1.